The van der Waals surface area contributed by atoms with Gasteiger partial charge in [-0.25, -0.2) is 0 Å². The van der Waals surface area contributed by atoms with Crippen molar-refractivity contribution in [2.45, 2.75) is 12.8 Å². The summed E-state index contributed by atoms with van der Waals surface area (Å²) in [5.74, 6) is 1.54. The molecule has 1 aliphatic heterocycles. The van der Waals surface area contributed by atoms with E-state index in [2.05, 4.69) is 17.3 Å². The molecule has 0 radical (unpaired) electrons. The molecule has 3 nitrogen and oxygen atoms in total. The normalized spacial score (nSPS) is 22.5. The van der Waals surface area contributed by atoms with E-state index >= 15 is 0 Å². The van der Waals surface area contributed by atoms with Gasteiger partial charge in [-0.15, -0.1) is 0 Å². The summed E-state index contributed by atoms with van der Waals surface area (Å²) < 4.78 is 5.28. The monoisotopic (exact) mass is 200 g/mol. The number of methoxy groups -OCH3 is 1. The van der Waals surface area contributed by atoms with Crippen molar-refractivity contribution in [3.63, 3.8) is 0 Å². The van der Waals surface area contributed by atoms with Gasteiger partial charge in [0.05, 0.1) is 6.61 Å². The zero-order valence-electron chi connectivity index (χ0n) is 9.75. The summed E-state index contributed by atoms with van der Waals surface area (Å²) in [5, 5.41) is 3.27. The molecule has 3 heteroatoms. The molecule has 0 aromatic heterocycles. The molecular formula is C11H24N2O. The average molecular weight is 200 g/mol. The fourth-order valence-corrected chi connectivity index (χ4v) is 2.34. The first-order valence-corrected chi connectivity index (χ1v) is 5.60. The van der Waals surface area contributed by atoms with Crippen LogP contribution in [-0.4, -0.2) is 52.3 Å². The van der Waals surface area contributed by atoms with E-state index in [1.807, 2.05) is 7.05 Å². The van der Waals surface area contributed by atoms with Crippen molar-refractivity contribution in [2.24, 2.45) is 11.8 Å². The SMILES string of the molecule is CNCC(COC)C1CCN(C)CC1. The lowest BCUT2D eigenvalue weighted by Crippen LogP contribution is -2.37. The van der Waals surface area contributed by atoms with Crippen LogP contribution in [0.5, 0.6) is 0 Å². The topological polar surface area (TPSA) is 24.5 Å². The molecule has 1 atom stereocenters. The van der Waals surface area contributed by atoms with Gasteiger partial charge in [0.25, 0.3) is 0 Å². The molecule has 0 saturated carbocycles. The van der Waals surface area contributed by atoms with Gasteiger partial charge in [0.1, 0.15) is 0 Å². The lowest BCUT2D eigenvalue weighted by Gasteiger charge is -2.34. The molecule has 1 unspecified atom stereocenters. The quantitative estimate of drug-likeness (QED) is 0.711. The van der Waals surface area contributed by atoms with E-state index in [-0.39, 0.29) is 0 Å². The summed E-state index contributed by atoms with van der Waals surface area (Å²) in [7, 11) is 6.04. The number of nitrogens with one attached hydrogen (secondary N) is 1. The number of ether oxygens (including phenoxy) is 1. The predicted molar refractivity (Wildman–Crippen MR) is 59.5 cm³/mol. The lowest BCUT2D eigenvalue weighted by molar-refractivity contribution is 0.0887. The minimum absolute atomic E-state index is 0.693. The predicted octanol–water partition coefficient (Wildman–Crippen LogP) is 0.810. The molecule has 0 aromatic carbocycles. The molecule has 84 valence electrons. The van der Waals surface area contributed by atoms with Gasteiger partial charge in [-0.1, -0.05) is 0 Å². The molecular weight excluding hydrogens is 176 g/mol. The Morgan fingerprint density at radius 1 is 1.43 bits per heavy atom. The average Bonchev–Trinajstić information content (AvgIpc) is 2.19. The molecule has 0 aliphatic carbocycles. The first kappa shape index (κ1) is 12.0. The molecule has 1 N–H and O–H groups in total. The van der Waals surface area contributed by atoms with Crippen molar-refractivity contribution >= 4 is 0 Å². The van der Waals surface area contributed by atoms with Gasteiger partial charge in [0.2, 0.25) is 0 Å². The van der Waals surface area contributed by atoms with Crippen molar-refractivity contribution in [3.8, 4) is 0 Å². The highest BCUT2D eigenvalue weighted by Crippen LogP contribution is 2.24. The minimum Gasteiger partial charge on any atom is -0.384 e. The summed E-state index contributed by atoms with van der Waals surface area (Å²) in [5.41, 5.74) is 0. The second-order valence-corrected chi connectivity index (χ2v) is 4.41. The van der Waals surface area contributed by atoms with Gasteiger partial charge in [-0.05, 0) is 51.9 Å². The first-order valence-electron chi connectivity index (χ1n) is 5.60. The maximum Gasteiger partial charge on any atom is 0.0505 e. The molecule has 1 fully saturated rings. The summed E-state index contributed by atoms with van der Waals surface area (Å²) >= 11 is 0. The fourth-order valence-electron chi connectivity index (χ4n) is 2.34. The van der Waals surface area contributed by atoms with Crippen molar-refractivity contribution < 1.29 is 4.74 Å². The Morgan fingerprint density at radius 2 is 2.07 bits per heavy atom. The van der Waals surface area contributed by atoms with Crippen molar-refractivity contribution in [1.82, 2.24) is 10.2 Å². The molecule has 1 rings (SSSR count). The van der Waals surface area contributed by atoms with E-state index in [0.29, 0.717) is 5.92 Å². The Morgan fingerprint density at radius 3 is 2.57 bits per heavy atom. The maximum absolute atomic E-state index is 5.28. The number of nitrogens with zero attached hydrogens (tertiary/aromatic N) is 1. The summed E-state index contributed by atoms with van der Waals surface area (Å²) in [6.45, 7) is 4.47. The lowest BCUT2D eigenvalue weighted by atomic mass is 9.85. The molecule has 1 aliphatic rings. The van der Waals surface area contributed by atoms with Crippen LogP contribution in [0.25, 0.3) is 0 Å². The third-order valence-electron chi connectivity index (χ3n) is 3.28. The van der Waals surface area contributed by atoms with Gasteiger partial charge < -0.3 is 15.0 Å². The molecule has 0 bridgehead atoms. The van der Waals surface area contributed by atoms with Crippen LogP contribution in [0.2, 0.25) is 0 Å². The van der Waals surface area contributed by atoms with Crippen LogP contribution in [0.4, 0.5) is 0 Å². The Bertz CT molecular complexity index is 138. The Balaban J connectivity index is 2.34. The van der Waals surface area contributed by atoms with E-state index in [0.717, 1.165) is 19.1 Å². The molecule has 0 amide bonds. The van der Waals surface area contributed by atoms with Crippen LogP contribution in [0, 0.1) is 11.8 Å². The standard InChI is InChI=1S/C11H24N2O/c1-12-8-11(9-14-3)10-4-6-13(2)7-5-10/h10-12H,4-9H2,1-3H3. The van der Waals surface area contributed by atoms with Crippen LogP contribution < -0.4 is 5.32 Å². The van der Waals surface area contributed by atoms with Crippen molar-refractivity contribution in [3.05, 3.63) is 0 Å². The van der Waals surface area contributed by atoms with Crippen LogP contribution in [0.1, 0.15) is 12.8 Å². The fraction of sp³-hybridized carbons (Fsp3) is 1.00. The molecule has 0 aromatic rings. The van der Waals surface area contributed by atoms with Crippen LogP contribution in [0.3, 0.4) is 0 Å². The number of likely N-dealkylation sites (tertiary alicyclic amines) is 1. The molecule has 14 heavy (non-hydrogen) atoms. The third-order valence-corrected chi connectivity index (χ3v) is 3.28. The third kappa shape index (κ3) is 3.56. The van der Waals surface area contributed by atoms with Gasteiger partial charge in [-0.2, -0.15) is 0 Å². The summed E-state index contributed by atoms with van der Waals surface area (Å²) in [6.07, 6.45) is 2.65. The Kier molecular flexibility index (Phi) is 5.45. The Labute approximate surface area is 87.8 Å². The summed E-state index contributed by atoms with van der Waals surface area (Å²) in [6, 6.07) is 0. The van der Waals surface area contributed by atoms with Gasteiger partial charge in [-0.3, -0.25) is 0 Å². The van der Waals surface area contributed by atoms with Crippen LogP contribution in [0.15, 0.2) is 0 Å². The zero-order chi connectivity index (χ0) is 10.4. The van der Waals surface area contributed by atoms with Crippen LogP contribution in [-0.2, 0) is 4.74 Å². The second-order valence-electron chi connectivity index (χ2n) is 4.41. The zero-order valence-corrected chi connectivity index (χ0v) is 9.75. The molecule has 0 spiro atoms. The highest BCUT2D eigenvalue weighted by Gasteiger charge is 2.24. The smallest absolute Gasteiger partial charge is 0.0505 e. The van der Waals surface area contributed by atoms with E-state index < -0.39 is 0 Å². The van der Waals surface area contributed by atoms with Crippen molar-refractivity contribution in [2.75, 3.05) is 47.4 Å². The molecule has 1 heterocycles. The largest absolute Gasteiger partial charge is 0.384 e. The van der Waals surface area contributed by atoms with Gasteiger partial charge in [0, 0.05) is 13.7 Å². The number of hydrogen-bond acceptors (Lipinski definition) is 3. The Hall–Kier alpha value is -0.120. The van der Waals surface area contributed by atoms with Crippen LogP contribution >= 0.6 is 0 Å². The van der Waals surface area contributed by atoms with E-state index in [1.54, 1.807) is 7.11 Å². The number of hydrogen-bond donors (Lipinski definition) is 1. The first-order chi connectivity index (χ1) is 6.77. The minimum atomic E-state index is 0.693. The second kappa shape index (κ2) is 6.38. The van der Waals surface area contributed by atoms with E-state index in [1.165, 1.54) is 25.9 Å². The van der Waals surface area contributed by atoms with E-state index in [4.69, 9.17) is 4.74 Å². The van der Waals surface area contributed by atoms with Crippen molar-refractivity contribution in [1.29, 1.82) is 0 Å². The summed E-state index contributed by atoms with van der Waals surface area (Å²) in [4.78, 5) is 2.42. The van der Waals surface area contributed by atoms with E-state index in [9.17, 15) is 0 Å². The number of rotatable bonds is 5. The molecule has 1 saturated heterocycles. The number of piperidine rings is 1. The highest BCUT2D eigenvalue weighted by molar-refractivity contribution is 4.77. The maximum atomic E-state index is 5.28. The van der Waals surface area contributed by atoms with Gasteiger partial charge >= 0.3 is 0 Å². The highest BCUT2D eigenvalue weighted by atomic mass is 16.5. The van der Waals surface area contributed by atoms with Gasteiger partial charge in [0.15, 0.2) is 0 Å².